The molecule has 10 heteroatoms. The fourth-order valence-corrected chi connectivity index (χ4v) is 5.19. The summed E-state index contributed by atoms with van der Waals surface area (Å²) in [5.74, 6) is 0.517. The molecule has 0 aromatic carbocycles. The molecule has 3 aliphatic rings. The van der Waals surface area contributed by atoms with Gasteiger partial charge in [0, 0.05) is 55.2 Å². The SMILES string of the molecule is COc1ncc(CN2C3CC2CN(c2ccc(-c4cc(O)cn5ncc(C#N)c45)cn2)C3)cc1F. The number of fused-ring (bicyclic) bond motifs is 3. The quantitative estimate of drug-likeness (QED) is 0.474. The van der Waals surface area contributed by atoms with E-state index in [0.717, 1.165) is 36.5 Å². The number of anilines is 1. The number of hydrogen-bond acceptors (Lipinski definition) is 8. The van der Waals surface area contributed by atoms with E-state index in [0.29, 0.717) is 35.3 Å². The van der Waals surface area contributed by atoms with Crippen molar-refractivity contribution in [2.24, 2.45) is 0 Å². The van der Waals surface area contributed by atoms with Crippen molar-refractivity contribution in [3.63, 3.8) is 0 Å². The third-order valence-electron chi connectivity index (χ3n) is 6.87. The molecular weight excluding hydrogens is 449 g/mol. The van der Waals surface area contributed by atoms with E-state index in [1.807, 2.05) is 12.1 Å². The molecule has 3 saturated heterocycles. The van der Waals surface area contributed by atoms with Gasteiger partial charge in [-0.1, -0.05) is 0 Å². The van der Waals surface area contributed by atoms with E-state index in [2.05, 4.69) is 30.9 Å². The monoisotopic (exact) mass is 471 g/mol. The Morgan fingerprint density at radius 2 is 2.00 bits per heavy atom. The number of piperazine rings is 1. The van der Waals surface area contributed by atoms with Gasteiger partial charge in [0.1, 0.15) is 17.6 Å². The number of hydrogen-bond donors (Lipinski definition) is 1. The van der Waals surface area contributed by atoms with Gasteiger partial charge in [-0.05, 0) is 36.2 Å². The molecule has 0 aliphatic carbocycles. The summed E-state index contributed by atoms with van der Waals surface area (Å²) in [7, 11) is 1.41. The Morgan fingerprint density at radius 3 is 2.69 bits per heavy atom. The number of aromatic nitrogens is 4. The predicted octanol–water partition coefficient (Wildman–Crippen LogP) is 2.98. The van der Waals surface area contributed by atoms with Crippen molar-refractivity contribution in [2.75, 3.05) is 25.1 Å². The Kier molecular flexibility index (Phi) is 5.00. The molecule has 35 heavy (non-hydrogen) atoms. The van der Waals surface area contributed by atoms with Crippen LogP contribution in [-0.2, 0) is 6.54 Å². The molecule has 2 atom stereocenters. The van der Waals surface area contributed by atoms with E-state index in [1.165, 1.54) is 30.1 Å². The van der Waals surface area contributed by atoms with Gasteiger partial charge in [-0.15, -0.1) is 0 Å². The second-order valence-corrected chi connectivity index (χ2v) is 8.94. The maximum absolute atomic E-state index is 14.0. The fourth-order valence-electron chi connectivity index (χ4n) is 5.19. The van der Waals surface area contributed by atoms with E-state index in [4.69, 9.17) is 4.74 Å². The third kappa shape index (κ3) is 3.61. The molecule has 3 aliphatic heterocycles. The highest BCUT2D eigenvalue weighted by molar-refractivity contribution is 5.85. The van der Waals surface area contributed by atoms with Crippen molar-refractivity contribution in [3.05, 3.63) is 66.0 Å². The van der Waals surface area contributed by atoms with Gasteiger partial charge in [-0.25, -0.2) is 18.9 Å². The summed E-state index contributed by atoms with van der Waals surface area (Å²) in [6.07, 6.45) is 7.51. The van der Waals surface area contributed by atoms with Crippen LogP contribution in [0.15, 0.2) is 49.1 Å². The number of ether oxygens (including phenoxy) is 1. The Hall–Kier alpha value is -4.23. The molecule has 2 unspecified atom stereocenters. The van der Waals surface area contributed by atoms with Crippen molar-refractivity contribution in [3.8, 4) is 28.8 Å². The van der Waals surface area contributed by atoms with Crippen LogP contribution < -0.4 is 9.64 Å². The topological polar surface area (TPSA) is 103 Å². The summed E-state index contributed by atoms with van der Waals surface area (Å²) in [4.78, 5) is 13.4. The third-order valence-corrected chi connectivity index (χ3v) is 6.87. The number of aromatic hydroxyl groups is 1. The molecule has 4 aromatic rings. The highest BCUT2D eigenvalue weighted by atomic mass is 19.1. The fraction of sp³-hybridized carbons (Fsp3) is 0.280. The predicted molar refractivity (Wildman–Crippen MR) is 125 cm³/mol. The standard InChI is InChI=1S/C25H22FN7O2/c1-35-25-22(26)4-15(8-29-25)11-32-18-5-19(32)13-31(12-18)23-3-2-16(9-28-23)21-6-20(34)14-33-24(21)17(7-27)10-30-33/h2-4,6,8-10,14,18-19,34H,5,11-13H2,1H3. The molecule has 7 rings (SSSR count). The van der Waals surface area contributed by atoms with Crippen molar-refractivity contribution < 1.29 is 14.2 Å². The molecule has 1 N–H and O–H groups in total. The molecule has 176 valence electrons. The summed E-state index contributed by atoms with van der Waals surface area (Å²) in [6.45, 7) is 2.34. The lowest BCUT2D eigenvalue weighted by atomic mass is 9.87. The highest BCUT2D eigenvalue weighted by Gasteiger charge is 2.44. The zero-order valence-corrected chi connectivity index (χ0v) is 19.0. The average molecular weight is 471 g/mol. The van der Waals surface area contributed by atoms with Crippen molar-refractivity contribution in [1.29, 1.82) is 5.26 Å². The Morgan fingerprint density at radius 1 is 1.17 bits per heavy atom. The lowest BCUT2D eigenvalue weighted by Gasteiger charge is -2.56. The van der Waals surface area contributed by atoms with Gasteiger partial charge < -0.3 is 14.7 Å². The van der Waals surface area contributed by atoms with Gasteiger partial charge >= 0.3 is 0 Å². The molecule has 7 heterocycles. The maximum atomic E-state index is 14.0. The van der Waals surface area contributed by atoms with Crippen LogP contribution in [0.1, 0.15) is 17.5 Å². The molecule has 0 radical (unpaired) electrons. The largest absolute Gasteiger partial charge is 0.506 e. The van der Waals surface area contributed by atoms with Crippen LogP contribution in [0.2, 0.25) is 0 Å². The van der Waals surface area contributed by atoms with Gasteiger partial charge in [0.15, 0.2) is 5.82 Å². The lowest BCUT2D eigenvalue weighted by Crippen LogP contribution is -2.68. The molecule has 4 aromatic heterocycles. The number of nitrogens with zero attached hydrogens (tertiary/aromatic N) is 7. The molecule has 2 bridgehead atoms. The zero-order chi connectivity index (χ0) is 24.1. The van der Waals surface area contributed by atoms with Crippen molar-refractivity contribution >= 4 is 11.3 Å². The maximum Gasteiger partial charge on any atom is 0.250 e. The number of nitriles is 1. The second-order valence-electron chi connectivity index (χ2n) is 8.94. The van der Waals surface area contributed by atoms with Crippen LogP contribution in [0.5, 0.6) is 11.6 Å². The number of piperidine rings is 1. The summed E-state index contributed by atoms with van der Waals surface area (Å²) in [5.41, 5.74) is 3.41. The molecule has 3 fully saturated rings. The van der Waals surface area contributed by atoms with E-state index >= 15 is 0 Å². The van der Waals surface area contributed by atoms with Crippen molar-refractivity contribution in [2.45, 2.75) is 25.0 Å². The van der Waals surface area contributed by atoms with E-state index in [-0.39, 0.29) is 11.6 Å². The zero-order valence-electron chi connectivity index (χ0n) is 19.0. The van der Waals surface area contributed by atoms with Gasteiger partial charge in [-0.3, -0.25) is 4.90 Å². The minimum Gasteiger partial charge on any atom is -0.506 e. The van der Waals surface area contributed by atoms with Crippen LogP contribution >= 0.6 is 0 Å². The number of methoxy groups -OCH3 is 1. The molecule has 0 spiro atoms. The second kappa shape index (κ2) is 8.21. The Balaban J connectivity index is 1.18. The van der Waals surface area contributed by atoms with Crippen LogP contribution in [0, 0.1) is 17.1 Å². The molecule has 0 saturated carbocycles. The number of rotatable bonds is 5. The molecule has 9 nitrogen and oxygen atoms in total. The van der Waals surface area contributed by atoms with E-state index in [9.17, 15) is 14.8 Å². The first kappa shape index (κ1) is 21.3. The van der Waals surface area contributed by atoms with Gasteiger partial charge in [-0.2, -0.15) is 10.4 Å². The van der Waals surface area contributed by atoms with Crippen LogP contribution in [-0.4, -0.2) is 61.9 Å². The van der Waals surface area contributed by atoms with Crippen LogP contribution in [0.3, 0.4) is 0 Å². The lowest BCUT2D eigenvalue weighted by molar-refractivity contribution is -0.00884. The summed E-state index contributed by atoms with van der Waals surface area (Å²) >= 11 is 0. The first-order valence-electron chi connectivity index (χ1n) is 11.3. The number of pyridine rings is 3. The van der Waals surface area contributed by atoms with Gasteiger partial charge in [0.25, 0.3) is 0 Å². The molecular formula is C25H22FN7O2. The Bertz CT molecular complexity index is 1450. The summed E-state index contributed by atoms with van der Waals surface area (Å²) in [5, 5.41) is 23.7. The van der Waals surface area contributed by atoms with Gasteiger partial charge in [0.2, 0.25) is 5.88 Å². The minimum absolute atomic E-state index is 0.0155. The van der Waals surface area contributed by atoms with Crippen LogP contribution in [0.4, 0.5) is 10.2 Å². The summed E-state index contributed by atoms with van der Waals surface area (Å²) < 4.78 is 20.4. The van der Waals surface area contributed by atoms with Crippen LogP contribution in [0.25, 0.3) is 16.6 Å². The van der Waals surface area contributed by atoms with Crippen molar-refractivity contribution in [1.82, 2.24) is 24.5 Å². The minimum atomic E-state index is -0.441. The Labute approximate surface area is 200 Å². The smallest absolute Gasteiger partial charge is 0.250 e. The first-order valence-corrected chi connectivity index (χ1v) is 11.3. The van der Waals surface area contributed by atoms with E-state index < -0.39 is 5.82 Å². The normalized spacial score (nSPS) is 19.4. The molecule has 0 amide bonds. The number of halogens is 1. The summed E-state index contributed by atoms with van der Waals surface area (Å²) in [6, 6.07) is 9.94. The highest BCUT2D eigenvalue weighted by Crippen LogP contribution is 2.36. The first-order chi connectivity index (χ1) is 17.0. The van der Waals surface area contributed by atoms with Gasteiger partial charge in [0.05, 0.1) is 30.6 Å². The average Bonchev–Trinajstić information content (AvgIpc) is 3.30. The van der Waals surface area contributed by atoms with E-state index in [1.54, 1.807) is 18.5 Å².